The highest BCUT2D eigenvalue weighted by Crippen LogP contribution is 2.19. The van der Waals surface area contributed by atoms with Crippen LogP contribution >= 0.6 is 0 Å². The molecule has 2 rings (SSSR count). The van der Waals surface area contributed by atoms with Crippen LogP contribution < -0.4 is 5.73 Å². The van der Waals surface area contributed by atoms with Crippen molar-refractivity contribution in [3.63, 3.8) is 0 Å². The Bertz CT molecular complexity index is 533. The number of unbranched alkanes of at least 4 members (excludes halogenated alkanes) is 1. The minimum atomic E-state index is 0.739. The van der Waals surface area contributed by atoms with E-state index in [1.165, 1.54) is 6.42 Å². The number of nitrogens with zero attached hydrogens (tertiary/aromatic N) is 2. The molecule has 0 amide bonds. The molecule has 0 aliphatic heterocycles. The Kier molecular flexibility index (Phi) is 4.80. The monoisotopic (exact) mass is 261 g/mol. The van der Waals surface area contributed by atoms with Crippen LogP contribution in [0.15, 0.2) is 18.2 Å². The fraction of sp³-hybridized carbons (Fsp3) is 0.533. The number of imidazole rings is 1. The smallest absolute Gasteiger partial charge is 0.109 e. The molecule has 19 heavy (non-hydrogen) atoms. The molecule has 104 valence electrons. The average molecular weight is 261 g/mol. The molecular formula is C15H23N3O. The Morgan fingerprint density at radius 3 is 2.84 bits per heavy atom. The Morgan fingerprint density at radius 2 is 2.11 bits per heavy atom. The van der Waals surface area contributed by atoms with Gasteiger partial charge >= 0.3 is 0 Å². The van der Waals surface area contributed by atoms with E-state index >= 15 is 0 Å². The maximum atomic E-state index is 5.81. The maximum Gasteiger partial charge on any atom is 0.109 e. The number of ether oxygens (including phenoxy) is 1. The minimum Gasteiger partial charge on any atom is -0.399 e. The van der Waals surface area contributed by atoms with Gasteiger partial charge in [0.25, 0.3) is 0 Å². The van der Waals surface area contributed by atoms with Crippen molar-refractivity contribution in [1.82, 2.24) is 9.55 Å². The standard InChI is InChI=1S/C15H23N3O/c1-3-5-9-19-10-8-18-14-7-6-12(16)11-13(14)17-15(18)4-2/h6-7,11H,3-5,8-10,16H2,1-2H3. The summed E-state index contributed by atoms with van der Waals surface area (Å²) in [5.74, 6) is 1.10. The van der Waals surface area contributed by atoms with Gasteiger partial charge in [-0.15, -0.1) is 0 Å². The van der Waals surface area contributed by atoms with Gasteiger partial charge in [-0.1, -0.05) is 20.3 Å². The van der Waals surface area contributed by atoms with E-state index in [0.717, 1.165) is 55.1 Å². The number of nitrogens with two attached hydrogens (primary N) is 1. The van der Waals surface area contributed by atoms with E-state index in [-0.39, 0.29) is 0 Å². The minimum absolute atomic E-state index is 0.739. The van der Waals surface area contributed by atoms with Gasteiger partial charge in [0.1, 0.15) is 5.82 Å². The Balaban J connectivity index is 2.11. The molecule has 0 bridgehead atoms. The predicted octanol–water partition coefficient (Wildman–Crippen LogP) is 3.00. The van der Waals surface area contributed by atoms with Gasteiger partial charge in [-0.25, -0.2) is 4.98 Å². The van der Waals surface area contributed by atoms with Crippen molar-refractivity contribution < 1.29 is 4.74 Å². The van der Waals surface area contributed by atoms with Crippen LogP contribution in [0.1, 0.15) is 32.5 Å². The van der Waals surface area contributed by atoms with Crippen LogP contribution in [0.4, 0.5) is 5.69 Å². The van der Waals surface area contributed by atoms with Gasteiger partial charge in [-0.05, 0) is 24.6 Å². The fourth-order valence-corrected chi connectivity index (χ4v) is 2.22. The largest absolute Gasteiger partial charge is 0.399 e. The topological polar surface area (TPSA) is 53.1 Å². The summed E-state index contributed by atoms with van der Waals surface area (Å²) in [4.78, 5) is 4.63. The predicted molar refractivity (Wildman–Crippen MR) is 79.3 cm³/mol. The summed E-state index contributed by atoms with van der Waals surface area (Å²) < 4.78 is 7.88. The summed E-state index contributed by atoms with van der Waals surface area (Å²) in [6.07, 6.45) is 3.22. The fourth-order valence-electron chi connectivity index (χ4n) is 2.22. The third-order valence-electron chi connectivity index (χ3n) is 3.27. The van der Waals surface area contributed by atoms with Crippen LogP contribution in [0.5, 0.6) is 0 Å². The van der Waals surface area contributed by atoms with Gasteiger partial charge in [-0.3, -0.25) is 0 Å². The second-order valence-electron chi connectivity index (χ2n) is 4.75. The zero-order valence-electron chi connectivity index (χ0n) is 11.9. The molecule has 4 heteroatoms. The van der Waals surface area contributed by atoms with Crippen molar-refractivity contribution in [1.29, 1.82) is 0 Å². The van der Waals surface area contributed by atoms with Crippen molar-refractivity contribution in [3.05, 3.63) is 24.0 Å². The number of anilines is 1. The lowest BCUT2D eigenvalue weighted by atomic mass is 10.3. The quantitative estimate of drug-likeness (QED) is 0.615. The number of hydrogen-bond donors (Lipinski definition) is 1. The van der Waals surface area contributed by atoms with Gasteiger partial charge < -0.3 is 15.0 Å². The van der Waals surface area contributed by atoms with Gasteiger partial charge in [0.15, 0.2) is 0 Å². The molecule has 1 aromatic heterocycles. The van der Waals surface area contributed by atoms with E-state index < -0.39 is 0 Å². The summed E-state index contributed by atoms with van der Waals surface area (Å²) in [6.45, 7) is 6.74. The van der Waals surface area contributed by atoms with E-state index in [0.29, 0.717) is 0 Å². The van der Waals surface area contributed by atoms with Gasteiger partial charge in [-0.2, -0.15) is 0 Å². The average Bonchev–Trinajstić information content (AvgIpc) is 2.75. The molecule has 0 aliphatic rings. The van der Waals surface area contributed by atoms with Crippen LogP contribution in [-0.2, 0) is 17.7 Å². The summed E-state index contributed by atoms with van der Waals surface area (Å²) in [7, 11) is 0. The molecule has 1 heterocycles. The van der Waals surface area contributed by atoms with Gasteiger partial charge in [0, 0.05) is 25.3 Å². The summed E-state index contributed by atoms with van der Waals surface area (Å²) >= 11 is 0. The van der Waals surface area contributed by atoms with Crippen molar-refractivity contribution in [2.24, 2.45) is 0 Å². The first kappa shape index (κ1) is 13.9. The number of benzene rings is 1. The number of aryl methyl sites for hydroxylation is 1. The van der Waals surface area contributed by atoms with Crippen LogP contribution in [0.3, 0.4) is 0 Å². The zero-order chi connectivity index (χ0) is 13.7. The molecule has 2 N–H and O–H groups in total. The molecule has 1 aromatic carbocycles. The van der Waals surface area contributed by atoms with Crippen LogP contribution in [0, 0.1) is 0 Å². The van der Waals surface area contributed by atoms with Crippen molar-refractivity contribution in [2.45, 2.75) is 39.7 Å². The zero-order valence-corrected chi connectivity index (χ0v) is 11.9. The third-order valence-corrected chi connectivity index (χ3v) is 3.27. The number of nitrogen functional groups attached to an aromatic ring is 1. The van der Waals surface area contributed by atoms with E-state index in [1.54, 1.807) is 0 Å². The normalized spacial score (nSPS) is 11.3. The van der Waals surface area contributed by atoms with E-state index in [1.807, 2.05) is 18.2 Å². The molecule has 4 nitrogen and oxygen atoms in total. The first-order valence-corrected chi connectivity index (χ1v) is 7.08. The van der Waals surface area contributed by atoms with E-state index in [9.17, 15) is 0 Å². The van der Waals surface area contributed by atoms with Crippen molar-refractivity contribution in [3.8, 4) is 0 Å². The lowest BCUT2D eigenvalue weighted by molar-refractivity contribution is 0.123. The summed E-state index contributed by atoms with van der Waals surface area (Å²) in [6, 6.07) is 5.91. The molecule has 0 saturated carbocycles. The maximum absolute atomic E-state index is 5.81. The highest BCUT2D eigenvalue weighted by Gasteiger charge is 2.09. The van der Waals surface area contributed by atoms with Crippen LogP contribution in [0.25, 0.3) is 11.0 Å². The first-order valence-electron chi connectivity index (χ1n) is 7.08. The summed E-state index contributed by atoms with van der Waals surface area (Å²) in [5.41, 5.74) is 8.69. The van der Waals surface area contributed by atoms with Gasteiger partial charge in [0.2, 0.25) is 0 Å². The van der Waals surface area contributed by atoms with Crippen molar-refractivity contribution >= 4 is 16.7 Å². The van der Waals surface area contributed by atoms with E-state index in [4.69, 9.17) is 10.5 Å². The summed E-state index contributed by atoms with van der Waals surface area (Å²) in [5, 5.41) is 0. The number of rotatable bonds is 7. The molecule has 2 aromatic rings. The number of aromatic nitrogens is 2. The number of fused-ring (bicyclic) bond motifs is 1. The highest BCUT2D eigenvalue weighted by atomic mass is 16.5. The SMILES string of the molecule is CCCCOCCn1c(CC)nc2cc(N)ccc21. The number of hydrogen-bond acceptors (Lipinski definition) is 3. The van der Waals surface area contributed by atoms with Crippen molar-refractivity contribution in [2.75, 3.05) is 18.9 Å². The van der Waals surface area contributed by atoms with Gasteiger partial charge in [0.05, 0.1) is 17.6 Å². The molecule has 0 aliphatic carbocycles. The lowest BCUT2D eigenvalue weighted by Crippen LogP contribution is -2.09. The molecule has 0 spiro atoms. The molecule has 0 unspecified atom stereocenters. The lowest BCUT2D eigenvalue weighted by Gasteiger charge is -2.08. The molecule has 0 atom stereocenters. The first-order chi connectivity index (χ1) is 9.26. The molecule has 0 fully saturated rings. The van der Waals surface area contributed by atoms with Crippen LogP contribution in [-0.4, -0.2) is 22.8 Å². The third kappa shape index (κ3) is 3.26. The second kappa shape index (κ2) is 6.57. The van der Waals surface area contributed by atoms with Crippen LogP contribution in [0.2, 0.25) is 0 Å². The van der Waals surface area contributed by atoms with E-state index in [2.05, 4.69) is 23.4 Å². The molecular weight excluding hydrogens is 238 g/mol. The highest BCUT2D eigenvalue weighted by molar-refractivity contribution is 5.79. The molecule has 0 radical (unpaired) electrons. The Morgan fingerprint density at radius 1 is 1.26 bits per heavy atom. The Labute approximate surface area is 114 Å². The Hall–Kier alpha value is -1.55. The molecule has 0 saturated heterocycles. The second-order valence-corrected chi connectivity index (χ2v) is 4.75.